The highest BCUT2D eigenvalue weighted by molar-refractivity contribution is 5.87. The summed E-state index contributed by atoms with van der Waals surface area (Å²) < 4.78 is 0. The molecule has 1 aliphatic heterocycles. The van der Waals surface area contributed by atoms with Crippen molar-refractivity contribution in [2.24, 2.45) is 11.1 Å². The average molecular weight is 228 g/mol. The van der Waals surface area contributed by atoms with E-state index >= 15 is 0 Å². The molecule has 1 rings (SSSR count). The molecule has 16 heavy (non-hydrogen) atoms. The third kappa shape index (κ3) is 2.52. The van der Waals surface area contributed by atoms with Crippen LogP contribution in [0, 0.1) is 5.41 Å². The van der Waals surface area contributed by atoms with Gasteiger partial charge < -0.3 is 15.7 Å². The van der Waals surface area contributed by atoms with Crippen LogP contribution in [0.2, 0.25) is 0 Å². The average Bonchev–Trinajstić information content (AvgIpc) is 2.62. The molecule has 0 radical (unpaired) electrons. The normalized spacial score (nSPS) is 23.2. The van der Waals surface area contributed by atoms with E-state index in [-0.39, 0.29) is 11.3 Å². The Kier molecular flexibility index (Phi) is 3.57. The Morgan fingerprint density at radius 3 is 2.44 bits per heavy atom. The standard InChI is InChI=1S/C11H20N2O3/c1-11(2,3)8(12)9(14)13-6-4-5-7(13)10(15)16/h7-8H,4-6,12H2,1-3H3,(H,15,16)/t7-,8-/m0/s1. The highest BCUT2D eigenvalue weighted by atomic mass is 16.4. The number of nitrogens with zero attached hydrogens (tertiary/aromatic N) is 1. The van der Waals surface area contributed by atoms with Gasteiger partial charge in [0.15, 0.2) is 0 Å². The van der Waals surface area contributed by atoms with E-state index in [9.17, 15) is 9.59 Å². The van der Waals surface area contributed by atoms with Gasteiger partial charge in [-0.15, -0.1) is 0 Å². The fraction of sp³-hybridized carbons (Fsp3) is 0.818. The highest BCUT2D eigenvalue weighted by Crippen LogP contribution is 2.24. The largest absolute Gasteiger partial charge is 0.480 e. The van der Waals surface area contributed by atoms with E-state index in [1.807, 2.05) is 20.8 Å². The number of carboxylic acids is 1. The van der Waals surface area contributed by atoms with Crippen LogP contribution in [0.1, 0.15) is 33.6 Å². The van der Waals surface area contributed by atoms with Crippen molar-refractivity contribution in [1.29, 1.82) is 0 Å². The molecule has 1 amide bonds. The zero-order valence-electron chi connectivity index (χ0n) is 10.1. The summed E-state index contributed by atoms with van der Waals surface area (Å²) in [5.74, 6) is -1.19. The van der Waals surface area contributed by atoms with Gasteiger partial charge in [-0.25, -0.2) is 4.79 Å². The second kappa shape index (κ2) is 4.41. The van der Waals surface area contributed by atoms with Gasteiger partial charge in [-0.05, 0) is 18.3 Å². The summed E-state index contributed by atoms with van der Waals surface area (Å²) in [7, 11) is 0. The minimum Gasteiger partial charge on any atom is -0.480 e. The van der Waals surface area contributed by atoms with E-state index in [0.717, 1.165) is 6.42 Å². The summed E-state index contributed by atoms with van der Waals surface area (Å²) >= 11 is 0. The molecule has 5 nitrogen and oxygen atoms in total. The van der Waals surface area contributed by atoms with E-state index < -0.39 is 18.1 Å². The van der Waals surface area contributed by atoms with Crippen LogP contribution in [-0.2, 0) is 9.59 Å². The summed E-state index contributed by atoms with van der Waals surface area (Å²) in [6.45, 7) is 6.13. The van der Waals surface area contributed by atoms with Gasteiger partial charge in [0.25, 0.3) is 0 Å². The van der Waals surface area contributed by atoms with Crippen LogP contribution in [0.4, 0.5) is 0 Å². The Bertz CT molecular complexity index is 296. The maximum atomic E-state index is 12.0. The van der Waals surface area contributed by atoms with Gasteiger partial charge in [0.2, 0.25) is 5.91 Å². The van der Waals surface area contributed by atoms with Crippen molar-refractivity contribution in [2.45, 2.75) is 45.7 Å². The number of likely N-dealkylation sites (tertiary alicyclic amines) is 1. The van der Waals surface area contributed by atoms with Crippen LogP contribution in [-0.4, -0.2) is 40.5 Å². The van der Waals surface area contributed by atoms with E-state index in [0.29, 0.717) is 13.0 Å². The summed E-state index contributed by atoms with van der Waals surface area (Å²) in [5.41, 5.74) is 5.51. The third-order valence-electron chi connectivity index (χ3n) is 3.02. The molecular formula is C11H20N2O3. The fourth-order valence-corrected chi connectivity index (χ4v) is 1.84. The quantitative estimate of drug-likeness (QED) is 0.718. The molecule has 1 aliphatic rings. The lowest BCUT2D eigenvalue weighted by atomic mass is 9.86. The van der Waals surface area contributed by atoms with Crippen molar-refractivity contribution in [3.63, 3.8) is 0 Å². The topological polar surface area (TPSA) is 83.6 Å². The van der Waals surface area contributed by atoms with Crippen LogP contribution in [0.25, 0.3) is 0 Å². The smallest absolute Gasteiger partial charge is 0.326 e. The van der Waals surface area contributed by atoms with Crippen molar-refractivity contribution in [1.82, 2.24) is 4.90 Å². The zero-order valence-corrected chi connectivity index (χ0v) is 10.1. The molecule has 0 bridgehead atoms. The zero-order chi connectivity index (χ0) is 12.5. The van der Waals surface area contributed by atoms with Crippen molar-refractivity contribution >= 4 is 11.9 Å². The molecule has 92 valence electrons. The lowest BCUT2D eigenvalue weighted by Gasteiger charge is -2.31. The van der Waals surface area contributed by atoms with Crippen molar-refractivity contribution in [3.8, 4) is 0 Å². The number of carbonyl (C=O) groups is 2. The molecule has 1 saturated heterocycles. The van der Waals surface area contributed by atoms with E-state index in [4.69, 9.17) is 10.8 Å². The highest BCUT2D eigenvalue weighted by Gasteiger charge is 2.39. The van der Waals surface area contributed by atoms with E-state index in [1.54, 1.807) is 0 Å². The molecule has 2 atom stereocenters. The Morgan fingerprint density at radius 2 is 2.00 bits per heavy atom. The Labute approximate surface area is 95.6 Å². The molecule has 0 aromatic carbocycles. The maximum absolute atomic E-state index is 12.0. The molecule has 0 aromatic rings. The van der Waals surface area contributed by atoms with Crippen LogP contribution < -0.4 is 5.73 Å². The molecule has 0 aliphatic carbocycles. The Morgan fingerprint density at radius 1 is 1.44 bits per heavy atom. The number of aliphatic carboxylic acids is 1. The monoisotopic (exact) mass is 228 g/mol. The van der Waals surface area contributed by atoms with Crippen molar-refractivity contribution < 1.29 is 14.7 Å². The number of hydrogen-bond acceptors (Lipinski definition) is 3. The third-order valence-corrected chi connectivity index (χ3v) is 3.02. The van der Waals surface area contributed by atoms with Crippen LogP contribution in [0.5, 0.6) is 0 Å². The molecular weight excluding hydrogens is 208 g/mol. The first-order valence-corrected chi connectivity index (χ1v) is 5.54. The summed E-state index contributed by atoms with van der Waals surface area (Å²) in [6.07, 6.45) is 1.26. The van der Waals surface area contributed by atoms with Crippen LogP contribution >= 0.6 is 0 Å². The maximum Gasteiger partial charge on any atom is 0.326 e. The number of carbonyl (C=O) groups excluding carboxylic acids is 1. The summed E-state index contributed by atoms with van der Waals surface area (Å²) in [4.78, 5) is 24.4. The van der Waals surface area contributed by atoms with Crippen molar-refractivity contribution in [2.75, 3.05) is 6.54 Å². The van der Waals surface area contributed by atoms with Gasteiger partial charge in [-0.3, -0.25) is 4.79 Å². The van der Waals surface area contributed by atoms with E-state index in [1.165, 1.54) is 4.90 Å². The molecule has 0 spiro atoms. The number of nitrogens with two attached hydrogens (primary N) is 1. The predicted octanol–water partition coefficient (Wildman–Crippen LogP) is 0.435. The van der Waals surface area contributed by atoms with Gasteiger partial charge in [-0.2, -0.15) is 0 Å². The number of rotatable bonds is 2. The minimum absolute atomic E-state index is 0.252. The molecule has 0 saturated carbocycles. The first-order valence-electron chi connectivity index (χ1n) is 5.54. The molecule has 3 N–H and O–H groups in total. The second-order valence-electron chi connectivity index (χ2n) is 5.37. The SMILES string of the molecule is CC(C)(C)[C@@H](N)C(=O)N1CCC[C@H]1C(=O)O. The Hall–Kier alpha value is -1.10. The summed E-state index contributed by atoms with van der Waals surface area (Å²) in [6, 6.07) is -1.34. The molecule has 1 heterocycles. The lowest BCUT2D eigenvalue weighted by molar-refractivity contribution is -0.149. The molecule has 5 heteroatoms. The van der Waals surface area contributed by atoms with Gasteiger partial charge >= 0.3 is 5.97 Å². The van der Waals surface area contributed by atoms with Crippen molar-refractivity contribution in [3.05, 3.63) is 0 Å². The molecule has 1 fully saturated rings. The van der Waals surface area contributed by atoms with Gasteiger partial charge in [0.05, 0.1) is 6.04 Å². The van der Waals surface area contributed by atoms with Crippen LogP contribution in [0.15, 0.2) is 0 Å². The lowest BCUT2D eigenvalue weighted by Crippen LogP contribution is -2.53. The molecule has 0 unspecified atom stereocenters. The van der Waals surface area contributed by atoms with Gasteiger partial charge in [-0.1, -0.05) is 20.8 Å². The molecule has 0 aromatic heterocycles. The number of amides is 1. The predicted molar refractivity (Wildman–Crippen MR) is 59.8 cm³/mol. The number of carboxylic acid groups (broad SMARTS) is 1. The second-order valence-corrected chi connectivity index (χ2v) is 5.37. The first kappa shape index (κ1) is 13.0. The van der Waals surface area contributed by atoms with Crippen LogP contribution in [0.3, 0.4) is 0 Å². The van der Waals surface area contributed by atoms with Gasteiger partial charge in [0.1, 0.15) is 6.04 Å². The minimum atomic E-state index is -0.938. The van der Waals surface area contributed by atoms with E-state index in [2.05, 4.69) is 0 Å². The Balaban J connectivity index is 2.77. The van der Waals surface area contributed by atoms with Gasteiger partial charge in [0, 0.05) is 6.54 Å². The first-order chi connectivity index (χ1) is 7.25. The number of hydrogen-bond donors (Lipinski definition) is 2. The summed E-state index contributed by atoms with van der Waals surface area (Å²) in [5, 5.41) is 8.98. The fourth-order valence-electron chi connectivity index (χ4n) is 1.84.